The molecule has 1 N–H and O–H groups in total. The molecule has 2 heterocycles. The number of methoxy groups -OCH3 is 1. The number of rotatable bonds is 8. The van der Waals surface area contributed by atoms with Gasteiger partial charge in [0.25, 0.3) is 0 Å². The summed E-state index contributed by atoms with van der Waals surface area (Å²) in [5.41, 5.74) is 3.89. The van der Waals surface area contributed by atoms with Crippen molar-refractivity contribution in [2.45, 2.75) is 25.5 Å². The molecule has 0 aliphatic heterocycles. The van der Waals surface area contributed by atoms with Crippen LogP contribution in [0.4, 0.5) is 5.69 Å². The zero-order valence-corrected chi connectivity index (χ0v) is 19.0. The number of carbonyl (C=O) groups is 1. The van der Waals surface area contributed by atoms with Crippen LogP contribution in [0.1, 0.15) is 16.9 Å². The molecule has 0 atom stereocenters. The third-order valence-corrected chi connectivity index (χ3v) is 6.12. The summed E-state index contributed by atoms with van der Waals surface area (Å²) in [5, 5.41) is 12.4. The Bertz CT molecular complexity index is 1220. The molecule has 1 amide bonds. The summed E-state index contributed by atoms with van der Waals surface area (Å²) in [6.07, 6.45) is 1.63. The Morgan fingerprint density at radius 2 is 1.97 bits per heavy atom. The molecule has 0 fully saturated rings. The summed E-state index contributed by atoms with van der Waals surface area (Å²) in [4.78, 5) is 12.6. The Hall–Kier alpha value is -3.52. The number of carbonyl (C=O) groups excluding carboxylic acids is 1. The van der Waals surface area contributed by atoms with Gasteiger partial charge in [-0.05, 0) is 55.3 Å². The number of benzene rings is 2. The number of nitrogens with one attached hydrogen (secondary N) is 1. The monoisotopic (exact) mass is 448 g/mol. The van der Waals surface area contributed by atoms with Gasteiger partial charge < -0.3 is 14.5 Å². The second kappa shape index (κ2) is 9.74. The van der Waals surface area contributed by atoms with Crippen molar-refractivity contribution in [3.63, 3.8) is 0 Å². The van der Waals surface area contributed by atoms with Gasteiger partial charge in [-0.2, -0.15) is 0 Å². The van der Waals surface area contributed by atoms with Crippen molar-refractivity contribution in [2.75, 3.05) is 18.2 Å². The molecule has 0 radical (unpaired) electrons. The summed E-state index contributed by atoms with van der Waals surface area (Å²) < 4.78 is 12.8. The largest absolute Gasteiger partial charge is 0.497 e. The summed E-state index contributed by atoms with van der Waals surface area (Å²) in [5.74, 6) is 2.30. The second-order valence-corrected chi connectivity index (χ2v) is 8.23. The third-order valence-electron chi connectivity index (χ3n) is 5.15. The Kier molecular flexibility index (Phi) is 6.61. The summed E-state index contributed by atoms with van der Waals surface area (Å²) in [6.45, 7) is 4.48. The number of nitrogens with zero attached hydrogens (tertiary/aromatic N) is 3. The van der Waals surface area contributed by atoms with Gasteiger partial charge in [0.05, 0.1) is 25.7 Å². The average molecular weight is 449 g/mol. The molecular formula is C24H24N4O3S. The normalized spacial score (nSPS) is 10.8. The van der Waals surface area contributed by atoms with E-state index in [-0.39, 0.29) is 11.7 Å². The molecule has 7 nitrogen and oxygen atoms in total. The first-order chi connectivity index (χ1) is 15.5. The lowest BCUT2D eigenvalue weighted by Crippen LogP contribution is -2.15. The Morgan fingerprint density at radius 3 is 2.75 bits per heavy atom. The molecule has 0 aliphatic carbocycles. The zero-order valence-electron chi connectivity index (χ0n) is 18.2. The van der Waals surface area contributed by atoms with Crippen molar-refractivity contribution < 1.29 is 13.9 Å². The Balaban J connectivity index is 1.55. The van der Waals surface area contributed by atoms with Crippen molar-refractivity contribution in [1.82, 2.24) is 14.8 Å². The number of hydrogen-bond donors (Lipinski definition) is 1. The molecule has 4 rings (SSSR count). The van der Waals surface area contributed by atoms with E-state index in [0.717, 1.165) is 33.9 Å². The van der Waals surface area contributed by atoms with Gasteiger partial charge in [-0.3, -0.25) is 9.36 Å². The number of aromatic nitrogens is 3. The van der Waals surface area contributed by atoms with Gasteiger partial charge in [-0.15, -0.1) is 10.2 Å². The molecule has 0 saturated carbocycles. The molecule has 164 valence electrons. The van der Waals surface area contributed by atoms with E-state index >= 15 is 0 Å². The molecule has 0 unspecified atom stereocenters. The summed E-state index contributed by atoms with van der Waals surface area (Å²) in [7, 11) is 1.63. The quantitative estimate of drug-likeness (QED) is 0.384. The van der Waals surface area contributed by atoms with Crippen LogP contribution in [-0.4, -0.2) is 33.5 Å². The molecule has 0 bridgehead atoms. The van der Waals surface area contributed by atoms with E-state index in [4.69, 9.17) is 9.15 Å². The molecule has 8 heteroatoms. The summed E-state index contributed by atoms with van der Waals surface area (Å²) in [6, 6.07) is 17.3. The minimum absolute atomic E-state index is 0.0980. The van der Waals surface area contributed by atoms with E-state index in [9.17, 15) is 4.79 Å². The highest BCUT2D eigenvalue weighted by molar-refractivity contribution is 7.99. The topological polar surface area (TPSA) is 82.2 Å². The van der Waals surface area contributed by atoms with Gasteiger partial charge in [0.1, 0.15) is 11.5 Å². The highest BCUT2D eigenvalue weighted by atomic mass is 32.2. The van der Waals surface area contributed by atoms with E-state index in [2.05, 4.69) is 15.5 Å². The van der Waals surface area contributed by atoms with Gasteiger partial charge >= 0.3 is 0 Å². The van der Waals surface area contributed by atoms with Crippen molar-refractivity contribution >= 4 is 23.4 Å². The standard InChI is InChI=1S/C24H24N4O3S/c1-16-7-4-11-21(17(16)2)25-22(29)15-32-24-27-26-23(18-8-5-9-19(13-18)30-3)28(24)14-20-10-6-12-31-20/h4-13H,14-15H2,1-3H3,(H,25,29). The van der Waals surface area contributed by atoms with Gasteiger partial charge in [-0.25, -0.2) is 0 Å². The smallest absolute Gasteiger partial charge is 0.234 e. The first-order valence-corrected chi connectivity index (χ1v) is 11.1. The minimum Gasteiger partial charge on any atom is -0.497 e. The van der Waals surface area contributed by atoms with E-state index in [1.54, 1.807) is 13.4 Å². The maximum absolute atomic E-state index is 12.6. The first-order valence-electron chi connectivity index (χ1n) is 10.1. The van der Waals surface area contributed by atoms with Gasteiger partial charge in [0, 0.05) is 11.3 Å². The van der Waals surface area contributed by atoms with Crippen LogP contribution in [-0.2, 0) is 11.3 Å². The van der Waals surface area contributed by atoms with E-state index in [0.29, 0.717) is 17.5 Å². The number of furan rings is 1. The molecule has 0 aliphatic rings. The van der Waals surface area contributed by atoms with Crippen LogP contribution >= 0.6 is 11.8 Å². The lowest BCUT2D eigenvalue weighted by atomic mass is 10.1. The number of aryl methyl sites for hydroxylation is 1. The fourth-order valence-corrected chi connectivity index (χ4v) is 4.01. The number of amides is 1. The molecule has 2 aromatic carbocycles. The fraction of sp³-hybridized carbons (Fsp3) is 0.208. The molecule has 0 saturated heterocycles. The number of thioether (sulfide) groups is 1. The maximum atomic E-state index is 12.6. The predicted octanol–water partition coefficient (Wildman–Crippen LogP) is 4.94. The lowest BCUT2D eigenvalue weighted by molar-refractivity contribution is -0.113. The van der Waals surface area contributed by atoms with Gasteiger partial charge in [0.2, 0.25) is 5.91 Å². The number of ether oxygens (including phenoxy) is 1. The molecule has 32 heavy (non-hydrogen) atoms. The number of anilines is 1. The predicted molar refractivity (Wildman–Crippen MR) is 125 cm³/mol. The Morgan fingerprint density at radius 1 is 1.12 bits per heavy atom. The molecule has 2 aromatic heterocycles. The lowest BCUT2D eigenvalue weighted by Gasteiger charge is -2.11. The highest BCUT2D eigenvalue weighted by Crippen LogP contribution is 2.28. The number of hydrogen-bond acceptors (Lipinski definition) is 6. The van der Waals surface area contributed by atoms with Crippen molar-refractivity contribution in [3.05, 3.63) is 77.7 Å². The minimum atomic E-state index is -0.0980. The van der Waals surface area contributed by atoms with Crippen molar-refractivity contribution in [3.8, 4) is 17.1 Å². The van der Waals surface area contributed by atoms with Gasteiger partial charge in [-0.1, -0.05) is 36.0 Å². The van der Waals surface area contributed by atoms with Crippen LogP contribution < -0.4 is 10.1 Å². The average Bonchev–Trinajstić information content (AvgIpc) is 3.46. The summed E-state index contributed by atoms with van der Waals surface area (Å²) >= 11 is 1.34. The van der Waals surface area contributed by atoms with Crippen LogP contribution in [0.15, 0.2) is 70.4 Å². The highest BCUT2D eigenvalue weighted by Gasteiger charge is 2.18. The van der Waals surface area contributed by atoms with E-state index in [1.165, 1.54) is 11.8 Å². The second-order valence-electron chi connectivity index (χ2n) is 7.29. The third kappa shape index (κ3) is 4.86. The van der Waals surface area contributed by atoms with Crippen molar-refractivity contribution in [1.29, 1.82) is 0 Å². The van der Waals surface area contributed by atoms with Crippen LogP contribution in [0.2, 0.25) is 0 Å². The molecule has 4 aromatic rings. The van der Waals surface area contributed by atoms with Crippen LogP contribution in [0, 0.1) is 13.8 Å². The first kappa shape index (κ1) is 21.7. The Labute approximate surface area is 190 Å². The zero-order chi connectivity index (χ0) is 22.5. The fourth-order valence-electron chi connectivity index (χ4n) is 3.28. The maximum Gasteiger partial charge on any atom is 0.234 e. The van der Waals surface area contributed by atoms with E-state index < -0.39 is 0 Å². The van der Waals surface area contributed by atoms with Crippen LogP contribution in [0.25, 0.3) is 11.4 Å². The molecular weight excluding hydrogens is 424 g/mol. The van der Waals surface area contributed by atoms with E-state index in [1.807, 2.05) is 73.0 Å². The van der Waals surface area contributed by atoms with Crippen molar-refractivity contribution in [2.24, 2.45) is 0 Å². The SMILES string of the molecule is COc1cccc(-c2nnc(SCC(=O)Nc3cccc(C)c3C)n2Cc2ccco2)c1. The van der Waals surface area contributed by atoms with Crippen LogP contribution in [0.3, 0.4) is 0 Å². The molecule has 0 spiro atoms. The van der Waals surface area contributed by atoms with Gasteiger partial charge in [0.15, 0.2) is 11.0 Å². The van der Waals surface area contributed by atoms with Crippen LogP contribution in [0.5, 0.6) is 5.75 Å².